The molecular formula is C11H12INO2. The molecule has 1 aromatic rings. The topological polar surface area (TPSA) is 52.3 Å². The number of nitrogens with two attached hydrogens (primary N) is 1. The van der Waals surface area contributed by atoms with Crippen LogP contribution in [0.1, 0.15) is 29.6 Å². The quantitative estimate of drug-likeness (QED) is 0.518. The average molecular weight is 317 g/mol. The third-order valence-corrected chi connectivity index (χ3v) is 3.23. The lowest BCUT2D eigenvalue weighted by molar-refractivity contribution is 0.00912. The molecule has 4 heteroatoms. The largest absolute Gasteiger partial charge is 0.459 e. The molecule has 1 aliphatic rings. The molecule has 1 fully saturated rings. The fourth-order valence-corrected chi connectivity index (χ4v) is 1.90. The van der Waals surface area contributed by atoms with E-state index in [4.69, 9.17) is 10.5 Å². The van der Waals surface area contributed by atoms with Crippen molar-refractivity contribution in [1.82, 2.24) is 0 Å². The van der Waals surface area contributed by atoms with E-state index in [0.29, 0.717) is 11.3 Å². The predicted molar refractivity (Wildman–Crippen MR) is 66.6 cm³/mol. The van der Waals surface area contributed by atoms with Crippen LogP contribution < -0.4 is 5.73 Å². The van der Waals surface area contributed by atoms with Crippen LogP contribution >= 0.6 is 22.6 Å². The Labute approximate surface area is 102 Å². The van der Waals surface area contributed by atoms with Gasteiger partial charge in [0.25, 0.3) is 0 Å². The average Bonchev–Trinajstić information content (AvgIpc) is 2.15. The van der Waals surface area contributed by atoms with Crippen molar-refractivity contribution in [3.8, 4) is 0 Å². The summed E-state index contributed by atoms with van der Waals surface area (Å²) in [5.41, 5.74) is 6.69. The number of nitrogen functional groups attached to an aromatic ring is 1. The lowest BCUT2D eigenvalue weighted by Crippen LogP contribution is -2.25. The number of carbonyl (C=O) groups is 1. The fraction of sp³-hybridized carbons (Fsp3) is 0.364. The van der Waals surface area contributed by atoms with Crippen molar-refractivity contribution in [3.05, 3.63) is 27.3 Å². The molecule has 3 nitrogen and oxygen atoms in total. The molecule has 2 N–H and O–H groups in total. The fourth-order valence-electron chi connectivity index (χ4n) is 1.41. The van der Waals surface area contributed by atoms with Crippen molar-refractivity contribution < 1.29 is 9.53 Å². The van der Waals surface area contributed by atoms with E-state index in [2.05, 4.69) is 22.6 Å². The van der Waals surface area contributed by atoms with Gasteiger partial charge in [0, 0.05) is 9.26 Å². The molecule has 0 bridgehead atoms. The Morgan fingerprint density at radius 1 is 1.47 bits per heavy atom. The number of hydrogen-bond donors (Lipinski definition) is 1. The minimum Gasteiger partial charge on any atom is -0.459 e. The first-order chi connectivity index (χ1) is 7.16. The van der Waals surface area contributed by atoms with Gasteiger partial charge in [-0.1, -0.05) is 0 Å². The Hall–Kier alpha value is -0.780. The minimum absolute atomic E-state index is 0.106. The highest BCUT2D eigenvalue weighted by molar-refractivity contribution is 14.1. The van der Waals surface area contributed by atoms with Crippen molar-refractivity contribution in [3.63, 3.8) is 0 Å². The molecule has 0 aliphatic heterocycles. The van der Waals surface area contributed by atoms with Crippen molar-refractivity contribution in [2.75, 3.05) is 5.73 Å². The Bertz CT molecular complexity index is 388. The molecule has 0 heterocycles. The zero-order chi connectivity index (χ0) is 10.8. The second kappa shape index (κ2) is 4.38. The highest BCUT2D eigenvalue weighted by Gasteiger charge is 2.23. The molecule has 1 aliphatic carbocycles. The number of ether oxygens (including phenoxy) is 1. The van der Waals surface area contributed by atoms with Gasteiger partial charge in [-0.2, -0.15) is 0 Å². The zero-order valence-corrected chi connectivity index (χ0v) is 10.4. The summed E-state index contributed by atoms with van der Waals surface area (Å²) in [6.45, 7) is 0. The van der Waals surface area contributed by atoms with Crippen molar-refractivity contribution in [1.29, 1.82) is 0 Å². The molecule has 0 saturated heterocycles. The third kappa shape index (κ3) is 2.42. The maximum absolute atomic E-state index is 11.7. The highest BCUT2D eigenvalue weighted by atomic mass is 127. The lowest BCUT2D eigenvalue weighted by Gasteiger charge is -2.25. The minimum atomic E-state index is -0.296. The van der Waals surface area contributed by atoms with Crippen LogP contribution in [0.4, 0.5) is 5.69 Å². The molecule has 1 aromatic carbocycles. The summed E-state index contributed by atoms with van der Waals surface area (Å²) >= 11 is 2.15. The predicted octanol–water partition coefficient (Wildman–Crippen LogP) is 2.58. The number of benzene rings is 1. The van der Waals surface area contributed by atoms with E-state index in [1.807, 2.05) is 6.07 Å². The summed E-state index contributed by atoms with van der Waals surface area (Å²) in [4.78, 5) is 11.7. The van der Waals surface area contributed by atoms with Crippen LogP contribution in [0.2, 0.25) is 0 Å². The van der Waals surface area contributed by atoms with Gasteiger partial charge in [0.05, 0.1) is 5.56 Å². The van der Waals surface area contributed by atoms with Gasteiger partial charge in [0.15, 0.2) is 0 Å². The molecule has 0 unspecified atom stereocenters. The first-order valence-corrected chi connectivity index (χ1v) is 6.00. The van der Waals surface area contributed by atoms with Gasteiger partial charge in [-0.05, 0) is 60.1 Å². The smallest absolute Gasteiger partial charge is 0.340 e. The van der Waals surface area contributed by atoms with Gasteiger partial charge in [-0.15, -0.1) is 0 Å². The van der Waals surface area contributed by atoms with E-state index in [-0.39, 0.29) is 12.1 Å². The van der Waals surface area contributed by atoms with Crippen LogP contribution in [-0.2, 0) is 4.74 Å². The number of halogens is 1. The summed E-state index contributed by atoms with van der Waals surface area (Å²) in [6.07, 6.45) is 3.22. The molecule has 2 rings (SSSR count). The van der Waals surface area contributed by atoms with Crippen LogP contribution in [0, 0.1) is 3.57 Å². The van der Waals surface area contributed by atoms with E-state index in [1.54, 1.807) is 12.1 Å². The van der Waals surface area contributed by atoms with Gasteiger partial charge in [-0.3, -0.25) is 0 Å². The van der Waals surface area contributed by atoms with Gasteiger partial charge >= 0.3 is 5.97 Å². The summed E-state index contributed by atoms with van der Waals surface area (Å²) in [6, 6.07) is 5.37. The number of rotatable bonds is 2. The van der Waals surface area contributed by atoms with Crippen molar-refractivity contribution in [2.24, 2.45) is 0 Å². The third-order valence-electron chi connectivity index (χ3n) is 2.56. The van der Waals surface area contributed by atoms with Gasteiger partial charge in [0.2, 0.25) is 0 Å². The Morgan fingerprint density at radius 3 is 2.80 bits per heavy atom. The number of esters is 1. The van der Waals surface area contributed by atoms with Crippen LogP contribution in [-0.4, -0.2) is 12.1 Å². The van der Waals surface area contributed by atoms with E-state index < -0.39 is 0 Å². The first kappa shape index (κ1) is 10.7. The molecule has 1 saturated carbocycles. The molecule has 0 spiro atoms. The Morgan fingerprint density at radius 2 is 2.20 bits per heavy atom. The molecule has 0 radical (unpaired) electrons. The van der Waals surface area contributed by atoms with Crippen LogP contribution in [0.5, 0.6) is 0 Å². The highest BCUT2D eigenvalue weighted by Crippen LogP contribution is 2.24. The van der Waals surface area contributed by atoms with E-state index >= 15 is 0 Å². The summed E-state index contributed by atoms with van der Waals surface area (Å²) in [5.74, 6) is -0.296. The summed E-state index contributed by atoms with van der Waals surface area (Å²) in [5, 5.41) is 0. The van der Waals surface area contributed by atoms with Crippen LogP contribution in [0.15, 0.2) is 18.2 Å². The normalized spacial score (nSPS) is 15.8. The van der Waals surface area contributed by atoms with E-state index in [1.165, 1.54) is 0 Å². The van der Waals surface area contributed by atoms with Crippen LogP contribution in [0.3, 0.4) is 0 Å². The van der Waals surface area contributed by atoms with E-state index in [0.717, 1.165) is 22.8 Å². The van der Waals surface area contributed by atoms with Crippen LogP contribution in [0.25, 0.3) is 0 Å². The second-order valence-corrected chi connectivity index (χ2v) is 4.94. The number of carbonyl (C=O) groups excluding carboxylic acids is 1. The molecule has 0 amide bonds. The summed E-state index contributed by atoms with van der Waals surface area (Å²) < 4.78 is 6.27. The first-order valence-electron chi connectivity index (χ1n) is 4.93. The monoisotopic (exact) mass is 317 g/mol. The molecule has 0 aromatic heterocycles. The Kier molecular flexibility index (Phi) is 3.14. The molecular weight excluding hydrogens is 305 g/mol. The number of anilines is 1. The van der Waals surface area contributed by atoms with Gasteiger partial charge < -0.3 is 10.5 Å². The molecule has 0 atom stereocenters. The maximum atomic E-state index is 11.7. The second-order valence-electron chi connectivity index (χ2n) is 3.69. The number of hydrogen-bond acceptors (Lipinski definition) is 3. The standard InChI is InChI=1S/C11H12INO2/c12-7-4-5-10(13)9(6-7)11(14)15-8-2-1-3-8/h4-6,8H,1-3,13H2. The van der Waals surface area contributed by atoms with Gasteiger partial charge in [-0.25, -0.2) is 4.79 Å². The van der Waals surface area contributed by atoms with Crippen molar-refractivity contribution >= 4 is 34.2 Å². The molecule has 15 heavy (non-hydrogen) atoms. The van der Waals surface area contributed by atoms with E-state index in [9.17, 15) is 4.79 Å². The van der Waals surface area contributed by atoms with Crippen molar-refractivity contribution in [2.45, 2.75) is 25.4 Å². The SMILES string of the molecule is Nc1ccc(I)cc1C(=O)OC1CCC1. The lowest BCUT2D eigenvalue weighted by atomic mass is 9.96. The Balaban J connectivity index is 2.12. The maximum Gasteiger partial charge on any atom is 0.340 e. The molecule has 80 valence electrons. The zero-order valence-electron chi connectivity index (χ0n) is 8.20. The summed E-state index contributed by atoms with van der Waals surface area (Å²) in [7, 11) is 0. The van der Waals surface area contributed by atoms with Gasteiger partial charge in [0.1, 0.15) is 6.10 Å².